The van der Waals surface area contributed by atoms with Gasteiger partial charge >= 0.3 is 0 Å². The molecule has 20 atom stereocenters. The Hall–Kier alpha value is -1.82. The highest BCUT2D eigenvalue weighted by Gasteiger charge is 2.57. The minimum absolute atomic E-state index is 0.00547. The lowest BCUT2D eigenvalue weighted by atomic mass is 9.94. The number of aliphatic hydroxyl groups excluding tert-OH is 10. The van der Waals surface area contributed by atoms with Gasteiger partial charge < -0.3 is 105 Å². The lowest BCUT2D eigenvalue weighted by molar-refractivity contribution is -0.376. The second kappa shape index (κ2) is 19.4. The molecule has 0 aliphatic carbocycles. The number of hydrogen-bond donors (Lipinski definition) is 13. The number of nitrogens with two attached hydrogens (primary N) is 1. The van der Waals surface area contributed by atoms with Gasteiger partial charge in [0.2, 0.25) is 11.8 Å². The summed E-state index contributed by atoms with van der Waals surface area (Å²) < 4.78 is 46.6. The number of carbonyl (C=O) groups is 2. The summed E-state index contributed by atoms with van der Waals surface area (Å²) in [5.74, 6) is -1.32. The van der Waals surface area contributed by atoms with Crippen molar-refractivity contribution in [2.75, 3.05) is 33.0 Å². The van der Waals surface area contributed by atoms with Gasteiger partial charge in [-0.05, 0) is 6.92 Å². The van der Waals surface area contributed by atoms with E-state index in [1.165, 1.54) is 6.92 Å². The fraction of sp³-hybridized carbons (Fsp3) is 0.933. The van der Waals surface area contributed by atoms with Gasteiger partial charge in [-0.25, -0.2) is 0 Å². The van der Waals surface area contributed by atoms with E-state index in [-0.39, 0.29) is 13.2 Å². The molecule has 4 saturated heterocycles. The van der Waals surface area contributed by atoms with Crippen LogP contribution < -0.4 is 16.4 Å². The summed E-state index contributed by atoms with van der Waals surface area (Å²) >= 11 is 0. The first-order valence-electron chi connectivity index (χ1n) is 17.1. The summed E-state index contributed by atoms with van der Waals surface area (Å²) in [6.45, 7) is 0.946. The van der Waals surface area contributed by atoms with Crippen molar-refractivity contribution >= 4 is 11.8 Å². The Balaban J connectivity index is 1.69. The maximum absolute atomic E-state index is 12.4. The van der Waals surface area contributed by atoms with E-state index in [2.05, 4.69) is 10.6 Å². The van der Waals surface area contributed by atoms with Crippen LogP contribution in [0.2, 0.25) is 0 Å². The highest BCUT2D eigenvalue weighted by molar-refractivity contribution is 5.73. The average Bonchev–Trinajstić information content (AvgIpc) is 3.39. The van der Waals surface area contributed by atoms with Crippen molar-refractivity contribution in [1.82, 2.24) is 10.6 Å². The maximum Gasteiger partial charge on any atom is 0.217 e. The first kappa shape index (κ1) is 43.9. The molecule has 0 saturated carbocycles. The Morgan fingerprint density at radius 1 is 0.623 bits per heavy atom. The summed E-state index contributed by atoms with van der Waals surface area (Å²) in [5.41, 5.74) is 5.61. The number of carbonyl (C=O) groups excluding carboxylic acids is 2. The maximum atomic E-state index is 12.4. The van der Waals surface area contributed by atoms with Crippen LogP contribution in [0.3, 0.4) is 0 Å². The Morgan fingerprint density at radius 3 is 1.68 bits per heavy atom. The highest BCUT2D eigenvalue weighted by Crippen LogP contribution is 2.36. The Bertz CT molecular complexity index is 1180. The lowest BCUT2D eigenvalue weighted by Crippen LogP contribution is -2.70. The average molecular weight is 776 g/mol. The van der Waals surface area contributed by atoms with Crippen LogP contribution in [0.1, 0.15) is 20.8 Å². The molecule has 0 unspecified atom stereocenters. The van der Waals surface area contributed by atoms with Crippen molar-refractivity contribution in [2.24, 2.45) is 5.73 Å². The molecular weight excluding hydrogens is 722 g/mol. The SMILES string of the molecule is CC(=O)N[C@H]1[C@H](O[C@H]2[C@@H](O)[C@@H](CO)O[C@@H](O[C@H]3[C@H](O[C@H]4O[C@@H]([C@@H](C)O)[C@H](O)[C@H]4O)[C@@H](NC(C)=O)[C@H](OCCN)O[C@@H]3CO)[C@@H]2O)O[C@H](CO)[C@@H](O)[C@@H]1O. The van der Waals surface area contributed by atoms with Crippen molar-refractivity contribution < 1.29 is 98.5 Å². The smallest absolute Gasteiger partial charge is 0.217 e. The number of hydrogen-bond acceptors (Lipinski definition) is 21. The minimum atomic E-state index is -2.02. The Morgan fingerprint density at radius 2 is 1.13 bits per heavy atom. The van der Waals surface area contributed by atoms with E-state index in [9.17, 15) is 60.7 Å². The molecule has 308 valence electrons. The molecule has 4 rings (SSSR count). The molecule has 0 spiro atoms. The topological polar surface area (TPSA) is 360 Å². The third-order valence-corrected chi connectivity index (χ3v) is 9.27. The van der Waals surface area contributed by atoms with E-state index in [0.29, 0.717) is 0 Å². The first-order chi connectivity index (χ1) is 25.1. The van der Waals surface area contributed by atoms with Gasteiger partial charge in [-0.15, -0.1) is 0 Å². The molecule has 0 radical (unpaired) electrons. The fourth-order valence-electron chi connectivity index (χ4n) is 6.65. The van der Waals surface area contributed by atoms with Gasteiger partial charge in [-0.1, -0.05) is 0 Å². The van der Waals surface area contributed by atoms with Crippen LogP contribution in [-0.4, -0.2) is 219 Å². The molecule has 4 aliphatic rings. The van der Waals surface area contributed by atoms with Crippen LogP contribution >= 0.6 is 0 Å². The van der Waals surface area contributed by atoms with Crippen LogP contribution in [0.5, 0.6) is 0 Å². The molecule has 4 fully saturated rings. The zero-order chi connectivity index (χ0) is 39.3. The fourth-order valence-corrected chi connectivity index (χ4v) is 6.65. The van der Waals surface area contributed by atoms with Crippen LogP contribution in [0.4, 0.5) is 0 Å². The third kappa shape index (κ3) is 9.95. The predicted octanol–water partition coefficient (Wildman–Crippen LogP) is -8.45. The predicted molar refractivity (Wildman–Crippen MR) is 168 cm³/mol. The van der Waals surface area contributed by atoms with Crippen LogP contribution in [0.15, 0.2) is 0 Å². The van der Waals surface area contributed by atoms with Gasteiger partial charge in [0.05, 0.1) is 32.5 Å². The van der Waals surface area contributed by atoms with Crippen molar-refractivity contribution in [3.8, 4) is 0 Å². The molecule has 0 aromatic heterocycles. The molecule has 53 heavy (non-hydrogen) atoms. The standard InChI is InChI=1S/C30H53N3O20/c1-9(37)23-20(43)21(44)29(50-23)52-25-16(33-11(3)39)27(46-5-4-31)49-14(8-36)24(25)51-30-22(45)26(18(41)13(7-35)48-30)53-28-15(32-10(2)38)19(42)17(40)12(6-34)47-28/h9,12-30,34-37,40-45H,4-8,31H2,1-3H3,(H,32,38)(H,33,39)/t9-,12-,13-,14-,15-,16-,17-,18+,19-,20-,21-,22-,23+,24-,25-,26+,27-,28+,29-,30+/m1/s1. The van der Waals surface area contributed by atoms with E-state index in [0.717, 1.165) is 13.8 Å². The summed E-state index contributed by atoms with van der Waals surface area (Å²) in [6, 6.07) is -2.83. The van der Waals surface area contributed by atoms with Crippen molar-refractivity contribution in [1.29, 1.82) is 0 Å². The Labute approximate surface area is 303 Å². The van der Waals surface area contributed by atoms with Crippen molar-refractivity contribution in [3.05, 3.63) is 0 Å². The van der Waals surface area contributed by atoms with Crippen molar-refractivity contribution in [3.63, 3.8) is 0 Å². The minimum Gasteiger partial charge on any atom is -0.394 e. The van der Waals surface area contributed by atoms with Gasteiger partial charge in [0.15, 0.2) is 25.2 Å². The van der Waals surface area contributed by atoms with E-state index in [1.54, 1.807) is 0 Å². The molecule has 0 bridgehead atoms. The van der Waals surface area contributed by atoms with Crippen LogP contribution in [0.25, 0.3) is 0 Å². The quantitative estimate of drug-likeness (QED) is 0.0734. The van der Waals surface area contributed by atoms with E-state index >= 15 is 0 Å². The van der Waals surface area contributed by atoms with Gasteiger partial charge in [-0.3, -0.25) is 9.59 Å². The number of aliphatic hydroxyl groups is 10. The largest absolute Gasteiger partial charge is 0.394 e. The summed E-state index contributed by atoms with van der Waals surface area (Å²) in [4.78, 5) is 24.4. The Kier molecular flexibility index (Phi) is 16.0. The molecule has 4 heterocycles. The van der Waals surface area contributed by atoms with Gasteiger partial charge in [-0.2, -0.15) is 0 Å². The zero-order valence-corrected chi connectivity index (χ0v) is 29.2. The number of rotatable bonds is 15. The monoisotopic (exact) mass is 775 g/mol. The molecule has 4 aliphatic heterocycles. The lowest BCUT2D eigenvalue weighted by Gasteiger charge is -2.50. The number of ether oxygens (including phenoxy) is 8. The molecule has 0 aromatic rings. The third-order valence-electron chi connectivity index (χ3n) is 9.27. The van der Waals surface area contributed by atoms with E-state index in [1.807, 2.05) is 0 Å². The molecule has 0 aromatic carbocycles. The van der Waals surface area contributed by atoms with E-state index < -0.39 is 154 Å². The normalized spacial score (nSPS) is 45.4. The highest BCUT2D eigenvalue weighted by atomic mass is 16.8. The molecule has 14 N–H and O–H groups in total. The molecule has 23 nitrogen and oxygen atoms in total. The summed E-state index contributed by atoms with van der Waals surface area (Å²) in [5, 5.41) is 110. The molecule has 23 heteroatoms. The second-order valence-electron chi connectivity index (χ2n) is 13.2. The zero-order valence-electron chi connectivity index (χ0n) is 29.2. The van der Waals surface area contributed by atoms with Crippen molar-refractivity contribution in [2.45, 2.75) is 143 Å². The molecular formula is C30H53N3O20. The van der Waals surface area contributed by atoms with Crippen LogP contribution in [0, 0.1) is 0 Å². The number of nitrogens with one attached hydrogen (secondary N) is 2. The van der Waals surface area contributed by atoms with Crippen LogP contribution in [-0.2, 0) is 47.5 Å². The van der Waals surface area contributed by atoms with E-state index in [4.69, 9.17) is 43.6 Å². The van der Waals surface area contributed by atoms with Gasteiger partial charge in [0.1, 0.15) is 91.4 Å². The van der Waals surface area contributed by atoms with Gasteiger partial charge in [0, 0.05) is 20.4 Å². The number of amides is 2. The summed E-state index contributed by atoms with van der Waals surface area (Å²) in [7, 11) is 0. The van der Waals surface area contributed by atoms with Gasteiger partial charge in [0.25, 0.3) is 0 Å². The first-order valence-corrected chi connectivity index (χ1v) is 17.1. The second-order valence-corrected chi connectivity index (χ2v) is 13.2. The molecule has 2 amide bonds. The summed E-state index contributed by atoms with van der Waals surface area (Å²) in [6.07, 6.45) is -29.3.